The lowest BCUT2D eigenvalue weighted by Crippen LogP contribution is -2.00. The Labute approximate surface area is 92.6 Å². The van der Waals surface area contributed by atoms with E-state index in [-0.39, 0.29) is 5.78 Å². The summed E-state index contributed by atoms with van der Waals surface area (Å²) in [6, 6.07) is 7.36. The molecule has 1 aromatic heterocycles. The fraction of sp³-hybridized carbons (Fsp3) is 0.154. The summed E-state index contributed by atoms with van der Waals surface area (Å²) in [5.41, 5.74) is 3.54. The highest BCUT2D eigenvalue weighted by molar-refractivity contribution is 6.08. The molecule has 16 heavy (non-hydrogen) atoms. The molecule has 0 aliphatic carbocycles. The van der Waals surface area contributed by atoms with Crippen molar-refractivity contribution in [3.05, 3.63) is 59.0 Å². The molecule has 0 spiro atoms. The van der Waals surface area contributed by atoms with E-state index in [9.17, 15) is 4.79 Å². The molecule has 3 rings (SSSR count). The Morgan fingerprint density at radius 2 is 1.94 bits per heavy atom. The van der Waals surface area contributed by atoms with Crippen LogP contribution >= 0.6 is 0 Å². The van der Waals surface area contributed by atoms with Crippen LogP contribution < -0.4 is 0 Å². The standard InChI is InChI=1S/C13H10O3/c14-13(11-3-4-15-7-11)9-1-2-10-6-16-8-12(10)5-9/h1-5,7H,6,8H2. The quantitative estimate of drug-likeness (QED) is 0.721. The highest BCUT2D eigenvalue weighted by Gasteiger charge is 2.15. The summed E-state index contributed by atoms with van der Waals surface area (Å²) in [5.74, 6) is -0.0107. The van der Waals surface area contributed by atoms with E-state index in [0.29, 0.717) is 24.3 Å². The van der Waals surface area contributed by atoms with Crippen molar-refractivity contribution in [3.63, 3.8) is 0 Å². The Balaban J connectivity index is 1.99. The molecule has 0 saturated heterocycles. The molecule has 0 amide bonds. The lowest BCUT2D eigenvalue weighted by molar-refractivity contribution is 0.103. The van der Waals surface area contributed by atoms with Crippen molar-refractivity contribution in [1.82, 2.24) is 0 Å². The minimum absolute atomic E-state index is 0.0107. The van der Waals surface area contributed by atoms with Gasteiger partial charge >= 0.3 is 0 Å². The summed E-state index contributed by atoms with van der Waals surface area (Å²) in [6.45, 7) is 1.25. The van der Waals surface area contributed by atoms with Crippen molar-refractivity contribution < 1.29 is 13.9 Å². The van der Waals surface area contributed by atoms with Crippen LogP contribution in [0.25, 0.3) is 0 Å². The third-order valence-corrected chi connectivity index (χ3v) is 2.77. The highest BCUT2D eigenvalue weighted by atomic mass is 16.5. The Morgan fingerprint density at radius 1 is 1.06 bits per heavy atom. The number of furan rings is 1. The second kappa shape index (κ2) is 3.61. The lowest BCUT2D eigenvalue weighted by atomic mass is 10.0. The maximum atomic E-state index is 12.0. The van der Waals surface area contributed by atoms with E-state index in [1.54, 1.807) is 6.07 Å². The topological polar surface area (TPSA) is 39.4 Å². The molecule has 0 radical (unpaired) electrons. The number of ether oxygens (including phenoxy) is 1. The van der Waals surface area contributed by atoms with Crippen molar-refractivity contribution >= 4 is 5.78 Å². The number of hydrogen-bond donors (Lipinski definition) is 0. The van der Waals surface area contributed by atoms with Crippen LogP contribution in [0.15, 0.2) is 41.2 Å². The predicted octanol–water partition coefficient (Wildman–Crippen LogP) is 2.54. The third-order valence-electron chi connectivity index (χ3n) is 2.77. The molecule has 1 aromatic carbocycles. The molecular formula is C13H10O3. The number of hydrogen-bond acceptors (Lipinski definition) is 3. The van der Waals surface area contributed by atoms with Gasteiger partial charge in [0.1, 0.15) is 6.26 Å². The first-order chi connectivity index (χ1) is 7.84. The first-order valence-corrected chi connectivity index (χ1v) is 5.11. The molecule has 3 heteroatoms. The van der Waals surface area contributed by atoms with Crippen LogP contribution in [-0.2, 0) is 18.0 Å². The first-order valence-electron chi connectivity index (χ1n) is 5.11. The zero-order valence-electron chi connectivity index (χ0n) is 8.60. The Morgan fingerprint density at radius 3 is 2.75 bits per heavy atom. The molecule has 80 valence electrons. The maximum Gasteiger partial charge on any atom is 0.196 e. The molecule has 0 bridgehead atoms. The van der Waals surface area contributed by atoms with Crippen LogP contribution in [-0.4, -0.2) is 5.78 Å². The first kappa shape index (κ1) is 9.36. The van der Waals surface area contributed by atoms with Crippen molar-refractivity contribution in [2.45, 2.75) is 13.2 Å². The van der Waals surface area contributed by atoms with Gasteiger partial charge in [-0.05, 0) is 23.3 Å². The number of ketones is 1. The van der Waals surface area contributed by atoms with E-state index in [1.165, 1.54) is 18.1 Å². The van der Waals surface area contributed by atoms with Gasteiger partial charge < -0.3 is 9.15 Å². The van der Waals surface area contributed by atoms with Gasteiger partial charge in [0.25, 0.3) is 0 Å². The van der Waals surface area contributed by atoms with Gasteiger partial charge in [0, 0.05) is 5.56 Å². The third kappa shape index (κ3) is 1.46. The van der Waals surface area contributed by atoms with E-state index < -0.39 is 0 Å². The van der Waals surface area contributed by atoms with E-state index in [4.69, 9.17) is 9.15 Å². The minimum atomic E-state index is -0.0107. The number of rotatable bonds is 2. The second-order valence-electron chi connectivity index (χ2n) is 3.82. The fourth-order valence-corrected chi connectivity index (χ4v) is 1.87. The Kier molecular flexibility index (Phi) is 2.11. The van der Waals surface area contributed by atoms with Gasteiger partial charge in [-0.25, -0.2) is 0 Å². The zero-order valence-corrected chi connectivity index (χ0v) is 8.60. The van der Waals surface area contributed by atoms with Crippen molar-refractivity contribution in [3.8, 4) is 0 Å². The van der Waals surface area contributed by atoms with Crippen LogP contribution in [0.3, 0.4) is 0 Å². The van der Waals surface area contributed by atoms with Gasteiger partial charge in [-0.1, -0.05) is 12.1 Å². The van der Waals surface area contributed by atoms with Gasteiger partial charge in [-0.15, -0.1) is 0 Å². The van der Waals surface area contributed by atoms with E-state index >= 15 is 0 Å². The van der Waals surface area contributed by atoms with Crippen LogP contribution in [0.5, 0.6) is 0 Å². The van der Waals surface area contributed by atoms with Gasteiger partial charge in [0.2, 0.25) is 0 Å². The van der Waals surface area contributed by atoms with Crippen molar-refractivity contribution in [2.24, 2.45) is 0 Å². The highest BCUT2D eigenvalue weighted by Crippen LogP contribution is 2.22. The number of fused-ring (bicyclic) bond motifs is 1. The number of carbonyl (C=O) groups excluding carboxylic acids is 1. The Bertz CT molecular complexity index is 526. The number of carbonyl (C=O) groups is 1. The van der Waals surface area contributed by atoms with Gasteiger partial charge in [0.15, 0.2) is 5.78 Å². The summed E-state index contributed by atoms with van der Waals surface area (Å²) < 4.78 is 10.2. The number of benzene rings is 1. The average Bonchev–Trinajstić information content (AvgIpc) is 2.98. The summed E-state index contributed by atoms with van der Waals surface area (Å²) in [6.07, 6.45) is 2.97. The zero-order chi connectivity index (χ0) is 11.0. The lowest BCUT2D eigenvalue weighted by Gasteiger charge is -2.01. The van der Waals surface area contributed by atoms with Crippen LogP contribution in [0.2, 0.25) is 0 Å². The molecule has 0 unspecified atom stereocenters. The van der Waals surface area contributed by atoms with Gasteiger partial charge in [0.05, 0.1) is 25.0 Å². The van der Waals surface area contributed by atoms with E-state index in [0.717, 1.165) is 5.56 Å². The molecular weight excluding hydrogens is 204 g/mol. The second-order valence-corrected chi connectivity index (χ2v) is 3.82. The largest absolute Gasteiger partial charge is 0.472 e. The van der Waals surface area contributed by atoms with Crippen molar-refractivity contribution in [1.29, 1.82) is 0 Å². The van der Waals surface area contributed by atoms with Crippen LogP contribution in [0.4, 0.5) is 0 Å². The predicted molar refractivity (Wildman–Crippen MR) is 57.1 cm³/mol. The summed E-state index contributed by atoms with van der Waals surface area (Å²) >= 11 is 0. The van der Waals surface area contributed by atoms with Gasteiger partial charge in [-0.2, -0.15) is 0 Å². The van der Waals surface area contributed by atoms with Crippen LogP contribution in [0, 0.1) is 0 Å². The molecule has 1 aliphatic heterocycles. The molecule has 0 fully saturated rings. The minimum Gasteiger partial charge on any atom is -0.472 e. The van der Waals surface area contributed by atoms with Gasteiger partial charge in [-0.3, -0.25) is 4.79 Å². The summed E-state index contributed by atoms with van der Waals surface area (Å²) in [4.78, 5) is 12.0. The van der Waals surface area contributed by atoms with Crippen LogP contribution in [0.1, 0.15) is 27.0 Å². The monoisotopic (exact) mass is 214 g/mol. The molecule has 1 aliphatic rings. The molecule has 2 heterocycles. The molecule has 0 atom stereocenters. The smallest absolute Gasteiger partial charge is 0.196 e. The van der Waals surface area contributed by atoms with E-state index in [1.807, 2.05) is 18.2 Å². The molecule has 2 aromatic rings. The molecule has 0 saturated carbocycles. The summed E-state index contributed by atoms with van der Waals surface area (Å²) in [5, 5.41) is 0. The molecule has 3 nitrogen and oxygen atoms in total. The van der Waals surface area contributed by atoms with E-state index in [2.05, 4.69) is 0 Å². The molecule has 0 N–H and O–H groups in total. The SMILES string of the molecule is O=C(c1ccoc1)c1ccc2c(c1)COC2. The average molecular weight is 214 g/mol. The normalized spacial score (nSPS) is 13.8. The fourth-order valence-electron chi connectivity index (χ4n) is 1.87. The maximum absolute atomic E-state index is 12.0. The van der Waals surface area contributed by atoms with Crippen molar-refractivity contribution in [2.75, 3.05) is 0 Å². The Hall–Kier alpha value is -1.87. The summed E-state index contributed by atoms with van der Waals surface area (Å²) in [7, 11) is 0.